The number of benzene rings is 1. The molecule has 1 aromatic carbocycles. The average molecular weight is 251 g/mol. The van der Waals surface area contributed by atoms with E-state index < -0.39 is 5.91 Å². The Balaban J connectivity index is 2.73. The molecule has 1 rings (SSSR count). The van der Waals surface area contributed by atoms with Crippen molar-refractivity contribution in [3.63, 3.8) is 0 Å². The number of ether oxygens (including phenoxy) is 1. The van der Waals surface area contributed by atoms with Gasteiger partial charge in [-0.15, -0.1) is 0 Å². The van der Waals surface area contributed by atoms with Crippen LogP contribution >= 0.6 is 11.6 Å². The Bertz CT molecular complexity index is 474. The predicted octanol–water partition coefficient (Wildman–Crippen LogP) is 2.31. The minimum Gasteiger partial charge on any atom is -0.492 e. The van der Waals surface area contributed by atoms with E-state index in [0.29, 0.717) is 5.02 Å². The van der Waals surface area contributed by atoms with E-state index in [1.54, 1.807) is 37.3 Å². The number of carbonyl (C=O) groups excluding carboxylic acids is 1. The number of nitriles is 1. The highest BCUT2D eigenvalue weighted by Crippen LogP contribution is 2.19. The fourth-order valence-corrected chi connectivity index (χ4v) is 1.25. The molecule has 1 unspecified atom stereocenters. The van der Waals surface area contributed by atoms with Crippen molar-refractivity contribution in [2.45, 2.75) is 13.0 Å². The maximum Gasteiger partial charge on any atom is 0.262 e. The van der Waals surface area contributed by atoms with Gasteiger partial charge < -0.3 is 10.5 Å². The Labute approximate surface area is 104 Å². The molecule has 1 amide bonds. The van der Waals surface area contributed by atoms with Gasteiger partial charge in [-0.25, -0.2) is 0 Å². The molecule has 0 heterocycles. The molecule has 0 radical (unpaired) electrons. The highest BCUT2D eigenvalue weighted by Gasteiger charge is 2.07. The molecule has 5 heteroatoms. The molecule has 17 heavy (non-hydrogen) atoms. The summed E-state index contributed by atoms with van der Waals surface area (Å²) in [6.07, 6.45) is 0.775. The van der Waals surface area contributed by atoms with Gasteiger partial charge in [-0.3, -0.25) is 4.79 Å². The van der Waals surface area contributed by atoms with Gasteiger partial charge in [-0.2, -0.15) is 5.26 Å². The Hall–Kier alpha value is -1.99. The maximum atomic E-state index is 10.8. The average Bonchev–Trinajstić information content (AvgIpc) is 2.30. The molecule has 0 bridgehead atoms. The Morgan fingerprint density at radius 2 is 2.12 bits per heavy atom. The molecular formula is C12H11ClN2O2. The first-order valence-corrected chi connectivity index (χ1v) is 5.23. The summed E-state index contributed by atoms with van der Waals surface area (Å²) < 4.78 is 5.25. The molecular weight excluding hydrogens is 240 g/mol. The van der Waals surface area contributed by atoms with Crippen molar-refractivity contribution < 1.29 is 9.53 Å². The number of amides is 1. The van der Waals surface area contributed by atoms with Crippen molar-refractivity contribution >= 4 is 17.5 Å². The molecule has 0 saturated carbocycles. The molecule has 88 valence electrons. The zero-order valence-corrected chi connectivity index (χ0v) is 9.94. The fraction of sp³-hybridized carbons (Fsp3) is 0.167. The molecule has 1 atom stereocenters. The number of nitrogens with zero attached hydrogens (tertiary/aromatic N) is 1. The molecule has 0 aromatic heterocycles. The summed E-state index contributed by atoms with van der Waals surface area (Å²) in [6.45, 7) is 1.79. The van der Waals surface area contributed by atoms with E-state index in [-0.39, 0.29) is 11.7 Å². The summed E-state index contributed by atoms with van der Waals surface area (Å²) in [5, 5.41) is 9.23. The first-order chi connectivity index (χ1) is 8.04. The lowest BCUT2D eigenvalue weighted by Gasteiger charge is -2.11. The quantitative estimate of drug-likeness (QED) is 0.506. The van der Waals surface area contributed by atoms with Crippen LogP contribution in [0.4, 0.5) is 0 Å². The number of halogens is 1. The van der Waals surface area contributed by atoms with E-state index in [4.69, 9.17) is 27.3 Å². The maximum absolute atomic E-state index is 10.8. The molecule has 0 fully saturated rings. The van der Waals surface area contributed by atoms with Crippen molar-refractivity contribution in [3.8, 4) is 6.07 Å². The number of hydrogen-bond acceptors (Lipinski definition) is 3. The highest BCUT2D eigenvalue weighted by atomic mass is 35.5. The van der Waals surface area contributed by atoms with Crippen molar-refractivity contribution in [3.05, 3.63) is 46.7 Å². The molecule has 2 N–H and O–H groups in total. The van der Waals surface area contributed by atoms with Crippen LogP contribution in [0.1, 0.15) is 18.6 Å². The monoisotopic (exact) mass is 250 g/mol. The predicted molar refractivity (Wildman–Crippen MR) is 63.8 cm³/mol. The highest BCUT2D eigenvalue weighted by molar-refractivity contribution is 6.30. The second-order valence-corrected chi connectivity index (χ2v) is 3.77. The molecule has 1 aromatic rings. The van der Waals surface area contributed by atoms with E-state index in [9.17, 15) is 4.79 Å². The largest absolute Gasteiger partial charge is 0.492 e. The van der Waals surface area contributed by atoms with Crippen LogP contribution in [0.5, 0.6) is 0 Å². The van der Waals surface area contributed by atoms with Crippen molar-refractivity contribution in [1.29, 1.82) is 5.26 Å². The van der Waals surface area contributed by atoms with Gasteiger partial charge >= 0.3 is 0 Å². The van der Waals surface area contributed by atoms with Gasteiger partial charge in [0.05, 0.1) is 0 Å². The molecule has 4 nitrogen and oxygen atoms in total. The number of rotatable bonds is 4. The summed E-state index contributed by atoms with van der Waals surface area (Å²) in [4.78, 5) is 10.8. The molecule has 0 spiro atoms. The molecule has 0 saturated heterocycles. The second kappa shape index (κ2) is 5.92. The second-order valence-electron chi connectivity index (χ2n) is 3.34. The number of hydrogen-bond donors (Lipinski definition) is 1. The molecule has 0 aliphatic heterocycles. The van der Waals surface area contributed by atoms with Crippen LogP contribution in [-0.2, 0) is 9.53 Å². The van der Waals surface area contributed by atoms with Crippen LogP contribution < -0.4 is 5.73 Å². The van der Waals surface area contributed by atoms with E-state index in [1.165, 1.54) is 0 Å². The Morgan fingerprint density at radius 1 is 1.53 bits per heavy atom. The minimum absolute atomic E-state index is 0.217. The van der Waals surface area contributed by atoms with Crippen molar-refractivity contribution in [2.24, 2.45) is 5.73 Å². The van der Waals surface area contributed by atoms with Crippen LogP contribution in [0.15, 0.2) is 36.1 Å². The SMILES string of the molecule is CC(OC=C(C#N)C(N)=O)c1ccc(Cl)cc1. The van der Waals surface area contributed by atoms with E-state index in [0.717, 1.165) is 11.8 Å². The third-order valence-corrected chi connectivity index (χ3v) is 2.37. The zero-order chi connectivity index (χ0) is 12.8. The van der Waals surface area contributed by atoms with Gasteiger partial charge in [0.1, 0.15) is 18.4 Å². The fourth-order valence-electron chi connectivity index (χ4n) is 1.12. The molecule has 0 aliphatic carbocycles. The van der Waals surface area contributed by atoms with Crippen molar-refractivity contribution in [1.82, 2.24) is 0 Å². The topological polar surface area (TPSA) is 76.1 Å². The number of primary amides is 1. The lowest BCUT2D eigenvalue weighted by molar-refractivity contribution is -0.114. The van der Waals surface area contributed by atoms with Crippen LogP contribution in [0.25, 0.3) is 0 Å². The first kappa shape index (κ1) is 13.1. The first-order valence-electron chi connectivity index (χ1n) is 4.85. The third-order valence-electron chi connectivity index (χ3n) is 2.12. The van der Waals surface area contributed by atoms with Gasteiger partial charge in [-0.05, 0) is 24.6 Å². The van der Waals surface area contributed by atoms with E-state index in [1.807, 2.05) is 0 Å². The van der Waals surface area contributed by atoms with E-state index in [2.05, 4.69) is 0 Å². The standard InChI is InChI=1S/C12H11ClN2O2/c1-8(9-2-4-11(13)5-3-9)17-7-10(6-14)12(15)16/h2-5,7-8H,1H3,(H2,15,16). The molecule has 0 aliphatic rings. The third kappa shape index (κ3) is 3.82. The number of carbonyl (C=O) groups is 1. The summed E-state index contributed by atoms with van der Waals surface area (Å²) >= 11 is 5.75. The summed E-state index contributed by atoms with van der Waals surface area (Å²) in [6, 6.07) is 8.74. The van der Waals surface area contributed by atoms with Crippen LogP contribution in [0.2, 0.25) is 5.02 Å². The summed E-state index contributed by atoms with van der Waals surface area (Å²) in [5.41, 5.74) is 5.63. The zero-order valence-electron chi connectivity index (χ0n) is 9.18. The van der Waals surface area contributed by atoms with Gasteiger partial charge in [0.2, 0.25) is 0 Å². The normalized spacial score (nSPS) is 12.6. The minimum atomic E-state index is -0.809. The van der Waals surface area contributed by atoms with Gasteiger partial charge in [0.15, 0.2) is 5.57 Å². The van der Waals surface area contributed by atoms with E-state index >= 15 is 0 Å². The lowest BCUT2D eigenvalue weighted by Crippen LogP contribution is -2.13. The van der Waals surface area contributed by atoms with Crippen LogP contribution in [0, 0.1) is 11.3 Å². The number of nitrogens with two attached hydrogens (primary N) is 1. The van der Waals surface area contributed by atoms with Crippen molar-refractivity contribution in [2.75, 3.05) is 0 Å². The van der Waals surface area contributed by atoms with Gasteiger partial charge in [0.25, 0.3) is 5.91 Å². The Morgan fingerprint density at radius 3 is 2.59 bits per heavy atom. The van der Waals surface area contributed by atoms with Crippen LogP contribution in [0.3, 0.4) is 0 Å². The summed E-state index contributed by atoms with van der Waals surface area (Å²) in [5.74, 6) is -0.809. The smallest absolute Gasteiger partial charge is 0.262 e. The van der Waals surface area contributed by atoms with Crippen LogP contribution in [-0.4, -0.2) is 5.91 Å². The summed E-state index contributed by atoms with van der Waals surface area (Å²) in [7, 11) is 0. The van der Waals surface area contributed by atoms with Gasteiger partial charge in [-0.1, -0.05) is 23.7 Å². The Kier molecular flexibility index (Phi) is 4.56. The lowest BCUT2D eigenvalue weighted by atomic mass is 10.1. The van der Waals surface area contributed by atoms with Gasteiger partial charge in [0, 0.05) is 5.02 Å².